The number of para-hydroxylation sites is 1. The van der Waals surface area contributed by atoms with Gasteiger partial charge in [-0.3, -0.25) is 19.3 Å². The first kappa shape index (κ1) is 19.9. The summed E-state index contributed by atoms with van der Waals surface area (Å²) in [6, 6.07) is 7.66. The van der Waals surface area contributed by atoms with E-state index in [0.717, 1.165) is 40.2 Å². The topological polar surface area (TPSA) is 71.4 Å². The van der Waals surface area contributed by atoms with Crippen LogP contribution in [0.1, 0.15) is 23.9 Å². The van der Waals surface area contributed by atoms with E-state index in [4.69, 9.17) is 0 Å². The molecule has 146 valence electrons. The van der Waals surface area contributed by atoms with Crippen LogP contribution in [0.2, 0.25) is 0 Å². The van der Waals surface area contributed by atoms with Crippen LogP contribution >= 0.6 is 11.8 Å². The quantitative estimate of drug-likeness (QED) is 0.771. The number of nitrogens with zero attached hydrogens (tertiary/aromatic N) is 2. The van der Waals surface area contributed by atoms with Crippen LogP contribution in [-0.4, -0.2) is 33.1 Å². The van der Waals surface area contributed by atoms with Crippen LogP contribution in [0.5, 0.6) is 0 Å². The number of benzene rings is 1. The SMILES string of the molecule is CCn1c(C)cc(/C=C2\SC(=O)N(CC(=O)Nc3ccccc3F)C2=O)c1C. The van der Waals surface area contributed by atoms with Gasteiger partial charge in [-0.1, -0.05) is 12.1 Å². The van der Waals surface area contributed by atoms with Gasteiger partial charge in [0.05, 0.1) is 10.6 Å². The maximum atomic E-state index is 13.6. The molecule has 6 nitrogen and oxygen atoms in total. The molecular weight excluding hydrogens is 381 g/mol. The Bertz CT molecular complexity index is 997. The number of hydrogen-bond donors (Lipinski definition) is 1. The largest absolute Gasteiger partial charge is 0.349 e. The van der Waals surface area contributed by atoms with Crippen molar-refractivity contribution < 1.29 is 18.8 Å². The predicted molar refractivity (Wildman–Crippen MR) is 107 cm³/mol. The highest BCUT2D eigenvalue weighted by atomic mass is 32.2. The molecule has 1 aliphatic heterocycles. The minimum absolute atomic E-state index is 0.00187. The molecule has 0 saturated carbocycles. The molecule has 0 radical (unpaired) electrons. The van der Waals surface area contributed by atoms with Gasteiger partial charge < -0.3 is 9.88 Å². The van der Waals surface area contributed by atoms with Gasteiger partial charge in [-0.05, 0) is 62.4 Å². The Morgan fingerprint density at radius 2 is 1.96 bits per heavy atom. The van der Waals surface area contributed by atoms with Crippen molar-refractivity contribution in [2.75, 3.05) is 11.9 Å². The lowest BCUT2D eigenvalue weighted by Crippen LogP contribution is -2.36. The van der Waals surface area contributed by atoms with E-state index in [0.29, 0.717) is 0 Å². The van der Waals surface area contributed by atoms with Crippen molar-refractivity contribution in [2.24, 2.45) is 0 Å². The molecule has 1 N–H and O–H groups in total. The molecule has 2 aromatic rings. The standard InChI is InChI=1S/C20H20FN3O3S/c1-4-23-12(2)9-14(13(23)3)10-17-19(26)24(20(27)28-17)11-18(25)22-16-8-6-5-7-15(16)21/h5-10H,4,11H2,1-3H3,(H,22,25)/b17-10-. The van der Waals surface area contributed by atoms with Crippen molar-refractivity contribution in [2.45, 2.75) is 27.3 Å². The third-order valence-electron chi connectivity index (χ3n) is 4.54. The molecular formula is C20H20FN3O3S. The lowest BCUT2D eigenvalue weighted by atomic mass is 10.2. The molecule has 0 atom stereocenters. The number of carbonyl (C=O) groups is 3. The number of thioether (sulfide) groups is 1. The summed E-state index contributed by atoms with van der Waals surface area (Å²) in [5, 5.41) is 1.85. The van der Waals surface area contributed by atoms with E-state index in [1.165, 1.54) is 18.2 Å². The maximum absolute atomic E-state index is 13.6. The second kappa shape index (κ2) is 8.02. The minimum Gasteiger partial charge on any atom is -0.349 e. The van der Waals surface area contributed by atoms with Crippen LogP contribution in [0.25, 0.3) is 6.08 Å². The van der Waals surface area contributed by atoms with E-state index >= 15 is 0 Å². The first-order chi connectivity index (χ1) is 13.3. The van der Waals surface area contributed by atoms with E-state index in [-0.39, 0.29) is 10.6 Å². The van der Waals surface area contributed by atoms with Gasteiger partial charge in [0.1, 0.15) is 12.4 Å². The minimum atomic E-state index is -0.641. The number of aromatic nitrogens is 1. The van der Waals surface area contributed by atoms with Crippen molar-refractivity contribution in [1.82, 2.24) is 9.47 Å². The van der Waals surface area contributed by atoms with Crippen molar-refractivity contribution in [1.29, 1.82) is 0 Å². The zero-order valence-corrected chi connectivity index (χ0v) is 16.6. The maximum Gasteiger partial charge on any atom is 0.294 e. The van der Waals surface area contributed by atoms with Gasteiger partial charge >= 0.3 is 0 Å². The first-order valence-electron chi connectivity index (χ1n) is 8.78. The van der Waals surface area contributed by atoms with E-state index in [1.54, 1.807) is 12.1 Å². The molecule has 1 aromatic heterocycles. The number of hydrogen-bond acceptors (Lipinski definition) is 4. The van der Waals surface area contributed by atoms with Crippen LogP contribution in [0.4, 0.5) is 14.9 Å². The molecule has 2 heterocycles. The molecule has 8 heteroatoms. The van der Waals surface area contributed by atoms with Gasteiger partial charge in [0.15, 0.2) is 0 Å². The molecule has 0 spiro atoms. The predicted octanol–water partition coefficient (Wildman–Crippen LogP) is 3.94. The Kier molecular flexibility index (Phi) is 5.69. The second-order valence-electron chi connectivity index (χ2n) is 6.37. The highest BCUT2D eigenvalue weighted by molar-refractivity contribution is 8.18. The number of carbonyl (C=O) groups excluding carboxylic acids is 3. The molecule has 1 fully saturated rings. The lowest BCUT2D eigenvalue weighted by Gasteiger charge is -2.12. The summed E-state index contributed by atoms with van der Waals surface area (Å²) in [6.45, 7) is 6.31. The fourth-order valence-corrected chi connectivity index (χ4v) is 3.96. The van der Waals surface area contributed by atoms with E-state index in [2.05, 4.69) is 9.88 Å². The van der Waals surface area contributed by atoms with Crippen molar-refractivity contribution >= 4 is 40.6 Å². The summed E-state index contributed by atoms with van der Waals surface area (Å²) in [7, 11) is 0. The zero-order chi connectivity index (χ0) is 20.4. The number of anilines is 1. The molecule has 1 aliphatic rings. The Morgan fingerprint density at radius 3 is 2.61 bits per heavy atom. The number of halogens is 1. The lowest BCUT2D eigenvalue weighted by molar-refractivity contribution is -0.127. The molecule has 28 heavy (non-hydrogen) atoms. The summed E-state index contributed by atoms with van der Waals surface area (Å²) < 4.78 is 15.8. The third-order valence-corrected chi connectivity index (χ3v) is 5.45. The summed E-state index contributed by atoms with van der Waals surface area (Å²) in [5.74, 6) is -1.76. The van der Waals surface area contributed by atoms with Gasteiger partial charge in [-0.25, -0.2) is 4.39 Å². The first-order valence-corrected chi connectivity index (χ1v) is 9.60. The second-order valence-corrected chi connectivity index (χ2v) is 7.36. The Hall–Kier alpha value is -2.87. The van der Waals surface area contributed by atoms with E-state index in [1.807, 2.05) is 26.8 Å². The van der Waals surface area contributed by atoms with Gasteiger partial charge in [0.2, 0.25) is 5.91 Å². The van der Waals surface area contributed by atoms with Crippen LogP contribution in [-0.2, 0) is 16.1 Å². The molecule has 0 unspecified atom stereocenters. The van der Waals surface area contributed by atoms with Crippen molar-refractivity contribution in [3.63, 3.8) is 0 Å². The monoisotopic (exact) mass is 401 g/mol. The van der Waals surface area contributed by atoms with Crippen molar-refractivity contribution in [3.05, 3.63) is 58.0 Å². The van der Waals surface area contributed by atoms with Crippen LogP contribution in [0.3, 0.4) is 0 Å². The molecule has 1 saturated heterocycles. The Balaban J connectivity index is 1.75. The van der Waals surface area contributed by atoms with Gasteiger partial charge in [0, 0.05) is 17.9 Å². The Morgan fingerprint density at radius 1 is 1.25 bits per heavy atom. The fraction of sp³-hybridized carbons (Fsp3) is 0.250. The average Bonchev–Trinajstić information content (AvgIpc) is 3.06. The number of imide groups is 1. The molecule has 0 aliphatic carbocycles. The number of rotatable bonds is 5. The van der Waals surface area contributed by atoms with Crippen LogP contribution in [0.15, 0.2) is 35.2 Å². The van der Waals surface area contributed by atoms with Gasteiger partial charge in [-0.2, -0.15) is 0 Å². The number of amides is 3. The normalized spacial score (nSPS) is 15.6. The molecule has 0 bridgehead atoms. The van der Waals surface area contributed by atoms with Crippen molar-refractivity contribution in [3.8, 4) is 0 Å². The van der Waals surface area contributed by atoms with Crippen LogP contribution in [0, 0.1) is 19.7 Å². The van der Waals surface area contributed by atoms with E-state index in [9.17, 15) is 18.8 Å². The molecule has 1 aromatic carbocycles. The van der Waals surface area contributed by atoms with Crippen LogP contribution < -0.4 is 5.32 Å². The summed E-state index contributed by atoms with van der Waals surface area (Å²) in [4.78, 5) is 38.1. The Labute approximate surface area is 166 Å². The summed E-state index contributed by atoms with van der Waals surface area (Å²) in [5.41, 5.74) is 2.93. The van der Waals surface area contributed by atoms with Gasteiger partial charge in [0.25, 0.3) is 11.1 Å². The average molecular weight is 401 g/mol. The highest BCUT2D eigenvalue weighted by Gasteiger charge is 2.36. The fourth-order valence-electron chi connectivity index (χ4n) is 3.13. The summed E-state index contributed by atoms with van der Waals surface area (Å²) in [6.07, 6.45) is 1.67. The third kappa shape index (κ3) is 3.87. The highest BCUT2D eigenvalue weighted by Crippen LogP contribution is 2.33. The molecule has 3 amide bonds. The number of aryl methyl sites for hydroxylation is 1. The van der Waals surface area contributed by atoms with Gasteiger partial charge in [-0.15, -0.1) is 0 Å². The number of nitrogens with one attached hydrogen (secondary N) is 1. The van der Waals surface area contributed by atoms with E-state index < -0.39 is 29.4 Å². The smallest absolute Gasteiger partial charge is 0.294 e. The molecule has 3 rings (SSSR count). The zero-order valence-electron chi connectivity index (χ0n) is 15.8. The summed E-state index contributed by atoms with van der Waals surface area (Å²) >= 11 is 0.795.